The van der Waals surface area contributed by atoms with Crippen molar-refractivity contribution in [3.63, 3.8) is 0 Å². The molecule has 0 aliphatic rings. The quantitative estimate of drug-likeness (QED) is 0.253. The van der Waals surface area contributed by atoms with Crippen LogP contribution in [-0.4, -0.2) is 6.08 Å². The van der Waals surface area contributed by atoms with Gasteiger partial charge in [-0.1, -0.05) is 0 Å². The zero-order chi connectivity index (χ0) is 9.14. The van der Waals surface area contributed by atoms with Gasteiger partial charge in [0.25, 0.3) is 0 Å². The first-order chi connectivity index (χ1) is 5.66. The van der Waals surface area contributed by atoms with Gasteiger partial charge in [0.15, 0.2) is 0 Å². The molecule has 0 unspecified atom stereocenters. The number of aliphatic imine (C=N–C) groups is 1. The SMILES string of the molecule is O=C=Nc1ccc(I)c(I)c1I. The average molecular weight is 497 g/mol. The Hall–Kier alpha value is 0.790. The number of benzene rings is 1. The highest BCUT2D eigenvalue weighted by Crippen LogP contribution is 2.29. The van der Waals surface area contributed by atoms with Crippen molar-refractivity contribution in [1.82, 2.24) is 0 Å². The Morgan fingerprint density at radius 2 is 1.83 bits per heavy atom. The molecule has 0 amide bonds. The van der Waals surface area contributed by atoms with Crippen LogP contribution in [0.25, 0.3) is 0 Å². The third kappa shape index (κ3) is 2.39. The summed E-state index contributed by atoms with van der Waals surface area (Å²) in [5, 5.41) is 0. The second-order valence-electron chi connectivity index (χ2n) is 1.90. The lowest BCUT2D eigenvalue weighted by Crippen LogP contribution is -1.84. The van der Waals surface area contributed by atoms with E-state index in [1.54, 1.807) is 0 Å². The van der Waals surface area contributed by atoms with E-state index in [0.29, 0.717) is 5.69 Å². The van der Waals surface area contributed by atoms with Crippen molar-refractivity contribution < 1.29 is 4.79 Å². The van der Waals surface area contributed by atoms with Crippen LogP contribution < -0.4 is 0 Å². The minimum Gasteiger partial charge on any atom is -0.211 e. The van der Waals surface area contributed by atoms with Crippen molar-refractivity contribution in [3.8, 4) is 0 Å². The maximum absolute atomic E-state index is 10.0. The molecule has 62 valence electrons. The van der Waals surface area contributed by atoms with Crippen molar-refractivity contribution in [2.75, 3.05) is 0 Å². The monoisotopic (exact) mass is 497 g/mol. The summed E-state index contributed by atoms with van der Waals surface area (Å²) < 4.78 is 3.30. The zero-order valence-corrected chi connectivity index (χ0v) is 12.1. The summed E-state index contributed by atoms with van der Waals surface area (Å²) in [5.41, 5.74) is 0.690. The minimum absolute atomic E-state index is 0.690. The molecule has 0 radical (unpaired) electrons. The highest BCUT2D eigenvalue weighted by molar-refractivity contribution is 14.1. The van der Waals surface area contributed by atoms with Crippen LogP contribution in [0.5, 0.6) is 0 Å². The maximum Gasteiger partial charge on any atom is 0.240 e. The Balaban J connectivity index is 3.35. The van der Waals surface area contributed by atoms with Gasteiger partial charge in [0.1, 0.15) is 0 Å². The first-order valence-corrected chi connectivity index (χ1v) is 6.12. The van der Waals surface area contributed by atoms with Gasteiger partial charge in [-0.3, -0.25) is 0 Å². The molecule has 0 heterocycles. The first kappa shape index (κ1) is 10.9. The molecule has 0 saturated heterocycles. The van der Waals surface area contributed by atoms with Crippen molar-refractivity contribution in [2.24, 2.45) is 4.99 Å². The van der Waals surface area contributed by atoms with Gasteiger partial charge < -0.3 is 0 Å². The summed E-state index contributed by atoms with van der Waals surface area (Å²) in [5.74, 6) is 0. The van der Waals surface area contributed by atoms with Gasteiger partial charge in [0.05, 0.1) is 9.26 Å². The molecule has 12 heavy (non-hydrogen) atoms. The summed E-state index contributed by atoms with van der Waals surface area (Å²) in [6.07, 6.45) is 1.54. The predicted molar refractivity (Wildman–Crippen MR) is 72.4 cm³/mol. The summed E-state index contributed by atoms with van der Waals surface area (Å²) in [7, 11) is 0. The lowest BCUT2D eigenvalue weighted by Gasteiger charge is -2.00. The van der Waals surface area contributed by atoms with E-state index in [1.165, 1.54) is 9.65 Å². The van der Waals surface area contributed by atoms with Gasteiger partial charge in [0.2, 0.25) is 6.08 Å². The Kier molecular flexibility index (Phi) is 4.41. The number of isocyanates is 1. The van der Waals surface area contributed by atoms with Crippen molar-refractivity contribution in [1.29, 1.82) is 0 Å². The maximum atomic E-state index is 10.0. The van der Waals surface area contributed by atoms with E-state index >= 15 is 0 Å². The molecule has 0 bridgehead atoms. The number of rotatable bonds is 1. The van der Waals surface area contributed by atoms with Crippen LogP contribution in [0.4, 0.5) is 5.69 Å². The van der Waals surface area contributed by atoms with Gasteiger partial charge in [-0.2, -0.15) is 4.99 Å². The molecule has 1 rings (SSSR count). The van der Waals surface area contributed by atoms with Gasteiger partial charge in [-0.15, -0.1) is 0 Å². The second kappa shape index (κ2) is 4.87. The van der Waals surface area contributed by atoms with E-state index in [1.807, 2.05) is 12.1 Å². The van der Waals surface area contributed by atoms with Gasteiger partial charge >= 0.3 is 0 Å². The molecule has 5 heteroatoms. The van der Waals surface area contributed by atoms with Crippen molar-refractivity contribution in [3.05, 3.63) is 22.8 Å². The molecule has 0 spiro atoms. The van der Waals surface area contributed by atoms with E-state index in [-0.39, 0.29) is 0 Å². The lowest BCUT2D eigenvalue weighted by molar-refractivity contribution is 0.565. The Morgan fingerprint density at radius 1 is 1.17 bits per heavy atom. The molecule has 0 aromatic heterocycles. The minimum atomic E-state index is 0.690. The van der Waals surface area contributed by atoms with E-state index < -0.39 is 0 Å². The van der Waals surface area contributed by atoms with Crippen molar-refractivity contribution in [2.45, 2.75) is 0 Å². The molecule has 0 saturated carbocycles. The first-order valence-electron chi connectivity index (χ1n) is 2.88. The van der Waals surface area contributed by atoms with Crippen LogP contribution in [-0.2, 0) is 4.79 Å². The van der Waals surface area contributed by atoms with Crippen LogP contribution in [0, 0.1) is 10.7 Å². The van der Waals surface area contributed by atoms with Gasteiger partial charge in [0, 0.05) is 7.14 Å². The molecule has 0 aliphatic heterocycles. The topological polar surface area (TPSA) is 29.4 Å². The molecule has 0 aliphatic carbocycles. The Bertz CT molecular complexity index is 358. The van der Waals surface area contributed by atoms with Crippen LogP contribution >= 0.6 is 67.8 Å². The zero-order valence-electron chi connectivity index (χ0n) is 5.64. The highest BCUT2D eigenvalue weighted by Gasteiger charge is 2.05. The van der Waals surface area contributed by atoms with E-state index in [0.717, 1.165) is 7.14 Å². The third-order valence-corrected chi connectivity index (χ3v) is 6.36. The molecular weight excluding hydrogens is 495 g/mol. The second-order valence-corrected chi connectivity index (χ2v) is 5.22. The number of halogens is 3. The largest absolute Gasteiger partial charge is 0.240 e. The number of hydrogen-bond acceptors (Lipinski definition) is 2. The van der Waals surface area contributed by atoms with Crippen LogP contribution in [0.2, 0.25) is 0 Å². The van der Waals surface area contributed by atoms with E-state index in [2.05, 4.69) is 72.8 Å². The molecule has 0 fully saturated rings. The summed E-state index contributed by atoms with van der Waals surface area (Å²) in [6, 6.07) is 3.75. The summed E-state index contributed by atoms with van der Waals surface area (Å²) >= 11 is 6.64. The smallest absolute Gasteiger partial charge is 0.211 e. The fourth-order valence-electron chi connectivity index (χ4n) is 0.651. The highest BCUT2D eigenvalue weighted by atomic mass is 127. The average Bonchev–Trinajstić information content (AvgIpc) is 2.07. The third-order valence-electron chi connectivity index (χ3n) is 1.18. The fourth-order valence-corrected chi connectivity index (χ4v) is 2.66. The van der Waals surface area contributed by atoms with E-state index in [9.17, 15) is 4.79 Å². The number of nitrogens with zero attached hydrogens (tertiary/aromatic N) is 1. The molecule has 0 atom stereocenters. The van der Waals surface area contributed by atoms with E-state index in [4.69, 9.17) is 0 Å². The summed E-state index contributed by atoms with van der Waals surface area (Å²) in [4.78, 5) is 13.6. The van der Waals surface area contributed by atoms with Crippen LogP contribution in [0.1, 0.15) is 0 Å². The van der Waals surface area contributed by atoms with Crippen LogP contribution in [0.15, 0.2) is 17.1 Å². The fraction of sp³-hybridized carbons (Fsp3) is 0. The van der Waals surface area contributed by atoms with Gasteiger partial charge in [-0.25, -0.2) is 4.79 Å². The standard InChI is InChI=1S/C7H2I3NO/c8-4-1-2-5(11-3-12)7(10)6(4)9/h1-2H. The molecule has 0 N–H and O–H groups in total. The Labute approximate surface area is 111 Å². The number of carbonyl (C=O) groups excluding carboxylic acids is 1. The molecule has 2 nitrogen and oxygen atoms in total. The molecular formula is C7H2I3NO. The molecule has 1 aromatic rings. The number of hydrogen-bond donors (Lipinski definition) is 0. The molecule has 1 aromatic carbocycles. The van der Waals surface area contributed by atoms with Crippen molar-refractivity contribution >= 4 is 79.5 Å². The normalized spacial score (nSPS) is 9.25. The summed E-state index contributed by atoms with van der Waals surface area (Å²) in [6.45, 7) is 0. The van der Waals surface area contributed by atoms with Crippen LogP contribution in [0.3, 0.4) is 0 Å². The van der Waals surface area contributed by atoms with Gasteiger partial charge in [-0.05, 0) is 79.9 Å². The predicted octanol–water partition coefficient (Wildman–Crippen LogP) is 3.47. The Morgan fingerprint density at radius 3 is 2.42 bits per heavy atom. The lowest BCUT2D eigenvalue weighted by atomic mass is 10.3.